The highest BCUT2D eigenvalue weighted by Crippen LogP contribution is 2.31. The van der Waals surface area contributed by atoms with Gasteiger partial charge in [0.1, 0.15) is 0 Å². The standard InChI is InChI=1S/C14H22N2O4S.ClH/c1-10-9-16(7-6-12(10)15)21(17,18)11-4-5-13(19-2)14(8-11)20-3;/h4-5,8,10,12H,6-7,9,15H2,1-3H3;1H. The maximum atomic E-state index is 12.7. The van der Waals surface area contributed by atoms with Crippen molar-refractivity contribution in [3.63, 3.8) is 0 Å². The third-order valence-corrected chi connectivity index (χ3v) is 5.79. The van der Waals surface area contributed by atoms with Gasteiger partial charge in [-0.15, -0.1) is 12.4 Å². The van der Waals surface area contributed by atoms with Crippen LogP contribution in [0.5, 0.6) is 11.5 Å². The molecule has 1 aromatic carbocycles. The summed E-state index contributed by atoms with van der Waals surface area (Å²) in [6, 6.07) is 4.69. The largest absolute Gasteiger partial charge is 0.493 e. The monoisotopic (exact) mass is 350 g/mol. The molecule has 1 heterocycles. The lowest BCUT2D eigenvalue weighted by molar-refractivity contribution is 0.250. The van der Waals surface area contributed by atoms with E-state index < -0.39 is 10.0 Å². The molecular weight excluding hydrogens is 328 g/mol. The van der Waals surface area contributed by atoms with E-state index in [0.717, 1.165) is 0 Å². The first-order valence-corrected chi connectivity index (χ1v) is 8.32. The highest BCUT2D eigenvalue weighted by molar-refractivity contribution is 7.89. The van der Waals surface area contributed by atoms with E-state index in [-0.39, 0.29) is 29.3 Å². The number of halogens is 1. The van der Waals surface area contributed by atoms with Crippen LogP contribution in [0.2, 0.25) is 0 Å². The summed E-state index contributed by atoms with van der Waals surface area (Å²) in [6.07, 6.45) is 0.674. The van der Waals surface area contributed by atoms with Crippen LogP contribution in [0.25, 0.3) is 0 Å². The van der Waals surface area contributed by atoms with E-state index in [1.165, 1.54) is 30.7 Å². The number of hydrogen-bond acceptors (Lipinski definition) is 5. The van der Waals surface area contributed by atoms with Gasteiger partial charge >= 0.3 is 0 Å². The highest BCUT2D eigenvalue weighted by Gasteiger charge is 2.32. The molecule has 8 heteroatoms. The Balaban J connectivity index is 0.00000242. The minimum atomic E-state index is -3.53. The van der Waals surface area contributed by atoms with Gasteiger partial charge in [-0.25, -0.2) is 8.42 Å². The summed E-state index contributed by atoms with van der Waals surface area (Å²) in [7, 11) is -0.538. The number of nitrogens with zero attached hydrogens (tertiary/aromatic N) is 1. The maximum absolute atomic E-state index is 12.7. The van der Waals surface area contributed by atoms with E-state index in [0.29, 0.717) is 31.0 Å². The van der Waals surface area contributed by atoms with Gasteiger partial charge in [-0.2, -0.15) is 4.31 Å². The first kappa shape index (κ1) is 19.0. The molecule has 0 spiro atoms. The highest BCUT2D eigenvalue weighted by atomic mass is 35.5. The SMILES string of the molecule is COc1ccc(S(=O)(=O)N2CCC(N)C(C)C2)cc1OC.Cl. The van der Waals surface area contributed by atoms with Gasteiger partial charge in [-0.1, -0.05) is 6.92 Å². The molecule has 2 rings (SSSR count). The zero-order valence-electron chi connectivity index (χ0n) is 13.0. The van der Waals surface area contributed by atoms with Gasteiger partial charge in [0.25, 0.3) is 0 Å². The minimum Gasteiger partial charge on any atom is -0.493 e. The predicted molar refractivity (Wildman–Crippen MR) is 87.3 cm³/mol. The molecule has 0 aromatic heterocycles. The second-order valence-corrected chi connectivity index (χ2v) is 7.25. The zero-order chi connectivity index (χ0) is 15.6. The van der Waals surface area contributed by atoms with Crippen molar-refractivity contribution < 1.29 is 17.9 Å². The van der Waals surface area contributed by atoms with Crippen molar-refractivity contribution in [2.45, 2.75) is 24.3 Å². The van der Waals surface area contributed by atoms with Gasteiger partial charge in [0.05, 0.1) is 19.1 Å². The molecule has 0 aliphatic carbocycles. The summed E-state index contributed by atoms with van der Waals surface area (Å²) in [6.45, 7) is 2.86. The molecule has 2 unspecified atom stereocenters. The van der Waals surface area contributed by atoms with Crippen LogP contribution >= 0.6 is 12.4 Å². The zero-order valence-corrected chi connectivity index (χ0v) is 14.6. The van der Waals surface area contributed by atoms with Gasteiger partial charge in [0, 0.05) is 25.2 Å². The molecule has 1 fully saturated rings. The van der Waals surface area contributed by atoms with E-state index in [1.807, 2.05) is 6.92 Å². The number of nitrogens with two attached hydrogens (primary N) is 1. The Labute approximate surface area is 138 Å². The number of hydrogen-bond donors (Lipinski definition) is 1. The number of ether oxygens (including phenoxy) is 2. The number of sulfonamides is 1. The van der Waals surface area contributed by atoms with Crippen molar-refractivity contribution in [3.05, 3.63) is 18.2 Å². The molecule has 22 heavy (non-hydrogen) atoms. The predicted octanol–water partition coefficient (Wildman–Crippen LogP) is 1.48. The van der Waals surface area contributed by atoms with Crippen molar-refractivity contribution in [2.75, 3.05) is 27.3 Å². The number of methoxy groups -OCH3 is 2. The van der Waals surface area contributed by atoms with Crippen LogP contribution < -0.4 is 15.2 Å². The van der Waals surface area contributed by atoms with Crippen LogP contribution in [0.4, 0.5) is 0 Å². The molecular formula is C14H23ClN2O4S. The van der Waals surface area contributed by atoms with Gasteiger partial charge in [0.15, 0.2) is 11.5 Å². The van der Waals surface area contributed by atoms with E-state index in [1.54, 1.807) is 6.07 Å². The Morgan fingerprint density at radius 2 is 1.86 bits per heavy atom. The van der Waals surface area contributed by atoms with E-state index >= 15 is 0 Å². The fourth-order valence-corrected chi connectivity index (χ4v) is 4.04. The number of rotatable bonds is 4. The van der Waals surface area contributed by atoms with Gasteiger partial charge in [-0.05, 0) is 24.5 Å². The molecule has 0 amide bonds. The first-order valence-electron chi connectivity index (χ1n) is 6.88. The van der Waals surface area contributed by atoms with Crippen LogP contribution in [0.3, 0.4) is 0 Å². The normalized spacial score (nSPS) is 22.7. The number of piperidine rings is 1. The molecule has 2 atom stereocenters. The van der Waals surface area contributed by atoms with Crippen LogP contribution in [-0.2, 0) is 10.0 Å². The second-order valence-electron chi connectivity index (χ2n) is 5.31. The molecule has 126 valence electrons. The fourth-order valence-electron chi connectivity index (χ4n) is 2.47. The summed E-state index contributed by atoms with van der Waals surface area (Å²) in [4.78, 5) is 0.211. The van der Waals surface area contributed by atoms with Crippen molar-refractivity contribution >= 4 is 22.4 Å². The maximum Gasteiger partial charge on any atom is 0.243 e. The minimum absolute atomic E-state index is 0. The molecule has 2 N–H and O–H groups in total. The third kappa shape index (κ3) is 3.65. The van der Waals surface area contributed by atoms with Crippen LogP contribution in [0, 0.1) is 5.92 Å². The number of benzene rings is 1. The average molecular weight is 351 g/mol. The van der Waals surface area contributed by atoms with Crippen molar-refractivity contribution in [2.24, 2.45) is 11.7 Å². The Morgan fingerprint density at radius 3 is 2.41 bits per heavy atom. The summed E-state index contributed by atoms with van der Waals surface area (Å²) >= 11 is 0. The lowest BCUT2D eigenvalue weighted by atomic mass is 9.96. The van der Waals surface area contributed by atoms with Crippen LogP contribution in [0.15, 0.2) is 23.1 Å². The molecule has 0 radical (unpaired) electrons. The van der Waals surface area contributed by atoms with Crippen molar-refractivity contribution in [1.82, 2.24) is 4.31 Å². The Bertz CT molecular complexity index is 609. The first-order chi connectivity index (χ1) is 9.90. The molecule has 0 bridgehead atoms. The van der Waals surface area contributed by atoms with E-state index in [4.69, 9.17) is 15.2 Å². The Hall–Kier alpha value is -1.02. The molecule has 6 nitrogen and oxygen atoms in total. The topological polar surface area (TPSA) is 81.9 Å². The molecule has 1 aromatic rings. The van der Waals surface area contributed by atoms with Gasteiger partial charge in [0.2, 0.25) is 10.0 Å². The van der Waals surface area contributed by atoms with Gasteiger partial charge < -0.3 is 15.2 Å². The fraction of sp³-hybridized carbons (Fsp3) is 0.571. The molecule has 1 saturated heterocycles. The van der Waals surface area contributed by atoms with Crippen LogP contribution in [-0.4, -0.2) is 46.1 Å². The van der Waals surface area contributed by atoms with E-state index in [9.17, 15) is 8.42 Å². The smallest absolute Gasteiger partial charge is 0.243 e. The summed E-state index contributed by atoms with van der Waals surface area (Å²) in [5.74, 6) is 1.06. The van der Waals surface area contributed by atoms with Crippen molar-refractivity contribution in [3.8, 4) is 11.5 Å². The third-order valence-electron chi connectivity index (χ3n) is 3.93. The lowest BCUT2D eigenvalue weighted by Crippen LogP contribution is -2.48. The quantitative estimate of drug-likeness (QED) is 0.889. The average Bonchev–Trinajstić information content (AvgIpc) is 2.49. The summed E-state index contributed by atoms with van der Waals surface area (Å²) < 4.78 is 37.2. The van der Waals surface area contributed by atoms with E-state index in [2.05, 4.69) is 0 Å². The second kappa shape index (κ2) is 7.50. The van der Waals surface area contributed by atoms with Crippen LogP contribution in [0.1, 0.15) is 13.3 Å². The molecule has 1 aliphatic heterocycles. The van der Waals surface area contributed by atoms with Crippen molar-refractivity contribution in [1.29, 1.82) is 0 Å². The Morgan fingerprint density at radius 1 is 1.23 bits per heavy atom. The summed E-state index contributed by atoms with van der Waals surface area (Å²) in [5, 5.41) is 0. The molecule has 0 saturated carbocycles. The Kier molecular flexibility index (Phi) is 6.49. The van der Waals surface area contributed by atoms with Gasteiger partial charge in [-0.3, -0.25) is 0 Å². The molecule has 1 aliphatic rings. The summed E-state index contributed by atoms with van der Waals surface area (Å²) in [5.41, 5.74) is 5.95. The lowest BCUT2D eigenvalue weighted by Gasteiger charge is -2.34.